The molecule has 104 valence electrons. The molecular formula is C18H21NO. The average Bonchev–Trinajstić information content (AvgIpc) is 2.47. The van der Waals surface area contributed by atoms with E-state index < -0.39 is 0 Å². The van der Waals surface area contributed by atoms with Gasteiger partial charge in [0.25, 0.3) is 0 Å². The van der Waals surface area contributed by atoms with Gasteiger partial charge < -0.3 is 10.5 Å². The molecule has 1 unspecified atom stereocenters. The summed E-state index contributed by atoms with van der Waals surface area (Å²) in [4.78, 5) is 0. The number of rotatable bonds is 4. The molecule has 2 heteroatoms. The summed E-state index contributed by atoms with van der Waals surface area (Å²) in [5.74, 6) is 0.878. The Morgan fingerprint density at radius 1 is 1.00 bits per heavy atom. The van der Waals surface area contributed by atoms with Crippen LogP contribution in [-0.2, 0) is 5.41 Å². The summed E-state index contributed by atoms with van der Waals surface area (Å²) in [5.41, 5.74) is 9.28. The fourth-order valence-electron chi connectivity index (χ4n) is 3.24. The minimum absolute atomic E-state index is 0.0459. The Balaban J connectivity index is 1.92. The minimum atomic E-state index is 0.0459. The van der Waals surface area contributed by atoms with E-state index in [1.54, 1.807) is 7.11 Å². The highest BCUT2D eigenvalue weighted by Crippen LogP contribution is 2.51. The summed E-state index contributed by atoms with van der Waals surface area (Å²) < 4.78 is 5.22. The normalized spacial score (nSPS) is 18.1. The molecule has 0 heterocycles. The molecule has 3 rings (SSSR count). The van der Waals surface area contributed by atoms with Gasteiger partial charge in [-0.25, -0.2) is 0 Å². The quantitative estimate of drug-likeness (QED) is 0.914. The van der Waals surface area contributed by atoms with E-state index in [4.69, 9.17) is 10.5 Å². The molecule has 2 N–H and O–H groups in total. The molecule has 0 bridgehead atoms. The Bertz CT molecular complexity index is 558. The summed E-state index contributed by atoms with van der Waals surface area (Å²) in [7, 11) is 1.69. The van der Waals surface area contributed by atoms with Crippen molar-refractivity contribution in [1.29, 1.82) is 0 Å². The van der Waals surface area contributed by atoms with Crippen molar-refractivity contribution < 1.29 is 4.74 Å². The Labute approximate surface area is 120 Å². The lowest BCUT2D eigenvalue weighted by atomic mass is 9.59. The number of ether oxygens (including phenoxy) is 1. The van der Waals surface area contributed by atoms with Gasteiger partial charge in [0.2, 0.25) is 0 Å². The second-order valence-corrected chi connectivity index (χ2v) is 5.63. The topological polar surface area (TPSA) is 35.2 Å². The molecular weight excluding hydrogens is 246 g/mol. The van der Waals surface area contributed by atoms with Crippen LogP contribution >= 0.6 is 0 Å². The van der Waals surface area contributed by atoms with E-state index in [-0.39, 0.29) is 11.5 Å². The summed E-state index contributed by atoms with van der Waals surface area (Å²) in [6.07, 6.45) is 3.60. The summed E-state index contributed by atoms with van der Waals surface area (Å²) in [6, 6.07) is 18.9. The third-order valence-corrected chi connectivity index (χ3v) is 4.66. The highest BCUT2D eigenvalue weighted by atomic mass is 16.5. The van der Waals surface area contributed by atoms with Crippen molar-refractivity contribution in [1.82, 2.24) is 0 Å². The van der Waals surface area contributed by atoms with E-state index in [0.717, 1.165) is 5.75 Å². The molecule has 1 aliphatic rings. The van der Waals surface area contributed by atoms with Gasteiger partial charge in [-0.05, 0) is 36.1 Å². The molecule has 2 aromatic rings. The standard InChI is InChI=1S/C18H21NO/c1-20-16-10-8-14(9-11-16)17(19)18(12-5-13-18)15-6-3-2-4-7-15/h2-4,6-11,17H,5,12-13,19H2,1H3. The van der Waals surface area contributed by atoms with Crippen LogP contribution in [0.3, 0.4) is 0 Å². The van der Waals surface area contributed by atoms with Gasteiger partial charge in [-0.1, -0.05) is 48.9 Å². The lowest BCUT2D eigenvalue weighted by molar-refractivity contribution is 0.196. The van der Waals surface area contributed by atoms with Crippen LogP contribution < -0.4 is 10.5 Å². The molecule has 1 saturated carbocycles. The highest BCUT2D eigenvalue weighted by Gasteiger charge is 2.44. The van der Waals surface area contributed by atoms with Gasteiger partial charge in [-0.3, -0.25) is 0 Å². The summed E-state index contributed by atoms with van der Waals surface area (Å²) >= 11 is 0. The molecule has 2 nitrogen and oxygen atoms in total. The predicted molar refractivity (Wildman–Crippen MR) is 81.9 cm³/mol. The molecule has 0 saturated heterocycles. The zero-order valence-electron chi connectivity index (χ0n) is 11.9. The van der Waals surface area contributed by atoms with Crippen LogP contribution in [0.1, 0.15) is 36.4 Å². The van der Waals surface area contributed by atoms with E-state index >= 15 is 0 Å². The number of benzene rings is 2. The van der Waals surface area contributed by atoms with Gasteiger partial charge in [0, 0.05) is 11.5 Å². The largest absolute Gasteiger partial charge is 0.497 e. The van der Waals surface area contributed by atoms with Gasteiger partial charge in [-0.2, -0.15) is 0 Å². The summed E-state index contributed by atoms with van der Waals surface area (Å²) in [6.45, 7) is 0. The first-order valence-corrected chi connectivity index (χ1v) is 7.21. The Morgan fingerprint density at radius 3 is 2.15 bits per heavy atom. The zero-order chi connectivity index (χ0) is 14.0. The first-order chi connectivity index (χ1) is 9.76. The molecule has 2 aromatic carbocycles. The Hall–Kier alpha value is -1.80. The zero-order valence-corrected chi connectivity index (χ0v) is 11.9. The molecule has 20 heavy (non-hydrogen) atoms. The molecule has 0 amide bonds. The van der Waals surface area contributed by atoms with Crippen LogP contribution in [0.25, 0.3) is 0 Å². The van der Waals surface area contributed by atoms with E-state index in [0.29, 0.717) is 0 Å². The van der Waals surface area contributed by atoms with Crippen LogP contribution in [0.5, 0.6) is 5.75 Å². The van der Waals surface area contributed by atoms with Crippen molar-refractivity contribution >= 4 is 0 Å². The fraction of sp³-hybridized carbons (Fsp3) is 0.333. The predicted octanol–water partition coefficient (Wildman–Crippen LogP) is 3.82. The van der Waals surface area contributed by atoms with E-state index in [1.165, 1.54) is 30.4 Å². The molecule has 1 atom stereocenters. The molecule has 0 radical (unpaired) electrons. The first-order valence-electron chi connectivity index (χ1n) is 7.21. The molecule has 0 spiro atoms. The highest BCUT2D eigenvalue weighted by molar-refractivity contribution is 5.37. The van der Waals surface area contributed by atoms with E-state index in [9.17, 15) is 0 Å². The van der Waals surface area contributed by atoms with Crippen molar-refractivity contribution in [2.24, 2.45) is 5.73 Å². The van der Waals surface area contributed by atoms with Crippen molar-refractivity contribution in [2.45, 2.75) is 30.7 Å². The van der Waals surface area contributed by atoms with Gasteiger partial charge in [0.15, 0.2) is 0 Å². The lowest BCUT2D eigenvalue weighted by Crippen LogP contribution is -2.44. The summed E-state index contributed by atoms with van der Waals surface area (Å²) in [5, 5.41) is 0. The van der Waals surface area contributed by atoms with Crippen molar-refractivity contribution in [3.8, 4) is 5.75 Å². The maximum Gasteiger partial charge on any atom is 0.118 e. The number of nitrogens with two attached hydrogens (primary N) is 1. The maximum absolute atomic E-state index is 6.62. The fourth-order valence-corrected chi connectivity index (χ4v) is 3.24. The van der Waals surface area contributed by atoms with Crippen molar-refractivity contribution in [3.05, 3.63) is 65.7 Å². The molecule has 1 fully saturated rings. The second kappa shape index (κ2) is 5.29. The lowest BCUT2D eigenvalue weighted by Gasteiger charge is -2.47. The van der Waals surface area contributed by atoms with Gasteiger partial charge in [0.05, 0.1) is 7.11 Å². The first kappa shape index (κ1) is 13.2. The number of hydrogen-bond acceptors (Lipinski definition) is 2. The molecule has 0 aromatic heterocycles. The molecule has 0 aliphatic heterocycles. The van der Waals surface area contributed by atoms with Gasteiger partial charge in [-0.15, -0.1) is 0 Å². The monoisotopic (exact) mass is 267 g/mol. The second-order valence-electron chi connectivity index (χ2n) is 5.63. The maximum atomic E-state index is 6.62. The number of hydrogen-bond donors (Lipinski definition) is 1. The number of methoxy groups -OCH3 is 1. The van der Waals surface area contributed by atoms with Gasteiger partial charge >= 0.3 is 0 Å². The minimum Gasteiger partial charge on any atom is -0.497 e. The Kier molecular flexibility index (Phi) is 3.49. The Morgan fingerprint density at radius 2 is 1.65 bits per heavy atom. The van der Waals surface area contributed by atoms with Crippen LogP contribution in [0.4, 0.5) is 0 Å². The third kappa shape index (κ3) is 2.10. The van der Waals surface area contributed by atoms with Crippen LogP contribution in [-0.4, -0.2) is 7.11 Å². The SMILES string of the molecule is COc1ccc(C(N)C2(c3ccccc3)CCC2)cc1. The van der Waals surface area contributed by atoms with Gasteiger partial charge in [0.1, 0.15) is 5.75 Å². The average molecular weight is 267 g/mol. The third-order valence-electron chi connectivity index (χ3n) is 4.66. The smallest absolute Gasteiger partial charge is 0.118 e. The van der Waals surface area contributed by atoms with E-state index in [2.05, 4.69) is 42.5 Å². The van der Waals surface area contributed by atoms with Crippen LogP contribution in [0.15, 0.2) is 54.6 Å². The van der Waals surface area contributed by atoms with E-state index in [1.807, 2.05) is 12.1 Å². The molecule has 1 aliphatic carbocycles. The van der Waals surface area contributed by atoms with Crippen LogP contribution in [0, 0.1) is 0 Å². The van der Waals surface area contributed by atoms with Crippen molar-refractivity contribution in [3.63, 3.8) is 0 Å². The van der Waals surface area contributed by atoms with Crippen molar-refractivity contribution in [2.75, 3.05) is 7.11 Å². The van der Waals surface area contributed by atoms with Crippen LogP contribution in [0.2, 0.25) is 0 Å².